The maximum atomic E-state index is 5.01. The molecule has 0 aliphatic rings. The molecule has 0 radical (unpaired) electrons. The molecule has 1 heterocycles. The molecule has 2 heteroatoms. The molecule has 0 aromatic carbocycles. The fourth-order valence-electron chi connectivity index (χ4n) is 0.420. The van der Waals surface area contributed by atoms with Crippen molar-refractivity contribution in [2.24, 2.45) is 0 Å². The molecule has 1 rings (SSSR count). The van der Waals surface area contributed by atoms with Crippen molar-refractivity contribution in [2.75, 3.05) is 0 Å². The Balaban J connectivity index is 3.04. The Kier molecular flexibility index (Phi) is 1.05. The quantitative estimate of drug-likeness (QED) is 0.445. The van der Waals surface area contributed by atoms with Crippen molar-refractivity contribution >= 4 is 7.33 Å². The molecule has 1 nitrogen and oxygen atoms in total. The fraction of sp³-hybridized carbons (Fsp3) is 0. The van der Waals surface area contributed by atoms with Gasteiger partial charge in [-0.3, -0.25) is 0 Å². The van der Waals surface area contributed by atoms with E-state index in [-0.39, 0.29) is 0 Å². The average molecular weight is 88.9 g/mol. The van der Waals surface area contributed by atoms with Crippen molar-refractivity contribution in [2.45, 2.75) is 0 Å². The molecule has 32 valence electrons. The third-order valence-electron chi connectivity index (χ3n) is 0.753. The Labute approximate surface area is 43.1 Å². The minimum absolute atomic E-state index is 0.833. The number of nitrogens with one attached hydrogen (secondary N) is 1. The van der Waals surface area contributed by atoms with Gasteiger partial charge in [-0.15, -0.1) is 0 Å². The van der Waals surface area contributed by atoms with Gasteiger partial charge < -0.3 is 0 Å². The summed E-state index contributed by atoms with van der Waals surface area (Å²) < 4.78 is 0. The third-order valence-corrected chi connectivity index (χ3v) is 0.753. The summed E-state index contributed by atoms with van der Waals surface area (Å²) in [5, 5.41) is 0. The summed E-state index contributed by atoms with van der Waals surface area (Å²) in [6.45, 7) is 0. The van der Waals surface area contributed by atoms with Crippen LogP contribution in [0.2, 0.25) is 0 Å². The first-order valence-corrected chi connectivity index (χ1v) is 2.03. The van der Waals surface area contributed by atoms with E-state index in [1.54, 1.807) is 6.20 Å². The van der Waals surface area contributed by atoms with Crippen LogP contribution in [-0.4, -0.2) is 12.3 Å². The van der Waals surface area contributed by atoms with E-state index in [0.29, 0.717) is 0 Å². The van der Waals surface area contributed by atoms with Gasteiger partial charge in [0.1, 0.15) is 0 Å². The molecule has 0 bridgehead atoms. The molecule has 7 heavy (non-hydrogen) atoms. The van der Waals surface area contributed by atoms with Crippen LogP contribution in [-0.2, 0) is 0 Å². The molecular formula is C5H4BN. The van der Waals surface area contributed by atoms with Crippen LogP contribution in [0.25, 0.3) is 0 Å². The molecule has 0 fully saturated rings. The predicted octanol–water partition coefficient (Wildman–Crippen LogP) is 0.490. The van der Waals surface area contributed by atoms with E-state index >= 15 is 0 Å². The van der Waals surface area contributed by atoms with Crippen LogP contribution in [0.4, 0.5) is 0 Å². The number of hydrogen-bond acceptors (Lipinski definition) is 0. The molecule has 0 amide bonds. The molecule has 0 saturated heterocycles. The van der Waals surface area contributed by atoms with Gasteiger partial charge in [0.2, 0.25) is 0 Å². The van der Waals surface area contributed by atoms with E-state index in [1.807, 2.05) is 12.1 Å². The topological polar surface area (TPSA) is 15.8 Å². The van der Waals surface area contributed by atoms with Gasteiger partial charge in [-0.2, -0.15) is 0 Å². The monoisotopic (exact) mass is 89.0 g/mol. The predicted molar refractivity (Wildman–Crippen MR) is 29.5 cm³/mol. The molecule has 0 aliphatic carbocycles. The van der Waals surface area contributed by atoms with E-state index < -0.39 is 0 Å². The first-order chi connectivity index (χ1) is 3.43. The Bertz CT molecular complexity index is 170. The third kappa shape index (κ3) is 0.758. The van der Waals surface area contributed by atoms with Crippen LogP contribution in [0.15, 0.2) is 18.3 Å². The van der Waals surface area contributed by atoms with Crippen LogP contribution in [0.5, 0.6) is 0 Å². The summed E-state index contributed by atoms with van der Waals surface area (Å²) >= 11 is 0. The van der Waals surface area contributed by atoms with Crippen LogP contribution >= 0.6 is 0 Å². The maximum absolute atomic E-state index is 5.01. The van der Waals surface area contributed by atoms with E-state index in [4.69, 9.17) is 7.33 Å². The van der Waals surface area contributed by atoms with Crippen LogP contribution < -0.4 is 0 Å². The molecule has 0 saturated carbocycles. The van der Waals surface area contributed by atoms with Gasteiger partial charge in [0.15, 0.2) is 0 Å². The standard InChI is InChI=1S/C5H4BN/c6-4-5-2-1-3-7-5/h1-3,7H. The number of H-pyrrole nitrogens is 1. The molecule has 1 aromatic rings. The summed E-state index contributed by atoms with van der Waals surface area (Å²) in [7, 11) is 5.01. The number of aromatic amines is 1. The normalized spacial score (nSPS) is 8.29. The van der Waals surface area contributed by atoms with Crippen LogP contribution in [0, 0.1) is 5.80 Å². The van der Waals surface area contributed by atoms with Gasteiger partial charge in [-0.05, 0) is 0 Å². The van der Waals surface area contributed by atoms with E-state index in [1.165, 1.54) is 0 Å². The summed E-state index contributed by atoms with van der Waals surface area (Å²) in [5.41, 5.74) is 0.833. The second kappa shape index (κ2) is 1.72. The molecule has 1 aromatic heterocycles. The van der Waals surface area contributed by atoms with E-state index in [0.717, 1.165) is 5.69 Å². The second-order valence-electron chi connectivity index (χ2n) is 1.23. The van der Waals surface area contributed by atoms with Crippen LogP contribution in [0.3, 0.4) is 0 Å². The van der Waals surface area contributed by atoms with Gasteiger partial charge in [0.25, 0.3) is 0 Å². The minimum atomic E-state index is 0.833. The number of aromatic nitrogens is 1. The zero-order valence-electron chi connectivity index (χ0n) is 3.81. The Hall–Kier alpha value is -0.875. The zero-order chi connectivity index (χ0) is 5.11. The van der Waals surface area contributed by atoms with Gasteiger partial charge in [-0.25, -0.2) is 0 Å². The zero-order valence-corrected chi connectivity index (χ0v) is 3.81. The number of rotatable bonds is 0. The SMILES string of the molecule is B#Cc1ccc[nH]1. The van der Waals surface area contributed by atoms with Gasteiger partial charge >= 0.3 is 42.1 Å². The van der Waals surface area contributed by atoms with Crippen molar-refractivity contribution in [1.82, 2.24) is 4.98 Å². The summed E-state index contributed by atoms with van der Waals surface area (Å²) in [5.74, 6) is 2.45. The summed E-state index contributed by atoms with van der Waals surface area (Å²) in [4.78, 5) is 2.85. The van der Waals surface area contributed by atoms with Gasteiger partial charge in [0, 0.05) is 0 Å². The van der Waals surface area contributed by atoms with Crippen molar-refractivity contribution < 1.29 is 0 Å². The second-order valence-corrected chi connectivity index (χ2v) is 1.23. The molecule has 1 N–H and O–H groups in total. The van der Waals surface area contributed by atoms with Crippen LogP contribution in [0.1, 0.15) is 5.69 Å². The Morgan fingerprint density at radius 2 is 2.57 bits per heavy atom. The first kappa shape index (κ1) is 4.29. The van der Waals surface area contributed by atoms with Gasteiger partial charge in [0.05, 0.1) is 0 Å². The average Bonchev–Trinajstić information content (AvgIpc) is 2.14. The number of hydrogen-bond donors (Lipinski definition) is 1. The molecular weight excluding hydrogens is 84.9 g/mol. The van der Waals surface area contributed by atoms with Crippen molar-refractivity contribution in [1.29, 1.82) is 0 Å². The Morgan fingerprint density at radius 3 is 2.86 bits per heavy atom. The Morgan fingerprint density at radius 1 is 1.71 bits per heavy atom. The van der Waals surface area contributed by atoms with Crippen molar-refractivity contribution in [3.8, 4) is 5.80 Å². The fourth-order valence-corrected chi connectivity index (χ4v) is 0.420. The molecule has 0 unspecified atom stereocenters. The van der Waals surface area contributed by atoms with E-state index in [9.17, 15) is 0 Å². The molecule has 0 aliphatic heterocycles. The van der Waals surface area contributed by atoms with Crippen molar-refractivity contribution in [3.05, 3.63) is 24.0 Å². The van der Waals surface area contributed by atoms with Crippen molar-refractivity contribution in [3.63, 3.8) is 0 Å². The summed E-state index contributed by atoms with van der Waals surface area (Å²) in [6.07, 6.45) is 1.80. The van der Waals surface area contributed by atoms with Gasteiger partial charge in [-0.1, -0.05) is 0 Å². The first-order valence-electron chi connectivity index (χ1n) is 2.03. The molecule has 0 spiro atoms. The molecule has 0 atom stereocenters. The summed E-state index contributed by atoms with van der Waals surface area (Å²) in [6, 6.07) is 3.72. The van der Waals surface area contributed by atoms with E-state index in [2.05, 4.69) is 10.8 Å².